The zero-order valence-electron chi connectivity index (χ0n) is 15.0. The van der Waals surface area contributed by atoms with Crippen LogP contribution < -0.4 is 41.9 Å². The Morgan fingerprint density at radius 3 is 1.24 bits per heavy atom. The second-order valence-electron chi connectivity index (χ2n) is 4.26. The van der Waals surface area contributed by atoms with Gasteiger partial charge in [-0.05, 0) is 12.1 Å². The second-order valence-corrected chi connectivity index (χ2v) is 23.4. The number of H-pyrrole nitrogens is 2. The van der Waals surface area contributed by atoms with Crippen molar-refractivity contribution in [3.8, 4) is 0 Å². The van der Waals surface area contributed by atoms with Gasteiger partial charge in [0.25, 0.3) is 0 Å². The molecule has 0 unspecified atom stereocenters. The number of fused-ring (bicyclic) bond motifs is 2. The van der Waals surface area contributed by atoms with Crippen LogP contribution in [-0.4, -0.2) is 20.4 Å². The Bertz CT molecular complexity index is 761. The second kappa shape index (κ2) is 20.0. The average molecular weight is 802 g/mol. The van der Waals surface area contributed by atoms with Crippen molar-refractivity contribution < 1.29 is 56.9 Å². The van der Waals surface area contributed by atoms with Crippen molar-refractivity contribution in [2.75, 3.05) is 0 Å². The average Bonchev–Trinajstić information content (AvgIpc) is 3.23. The normalized spacial score (nSPS) is 9.72. The molecule has 4 rings (SSSR count). The standard InChI is InChI=1S/2C7H6N2.6ClH.2H3N.Na.Pt.Ru/c2*1-2-4-7-6(3-1)5-8-9-7;;;;;;;;;;;/h2*1-5H,(H,8,9);6*1H;2*1H3;;;/q;;;;;;;;;;+1;+2;+3/p-6. The molecular formula is C14H18Cl6N6NaPtRu. The van der Waals surface area contributed by atoms with Crippen molar-refractivity contribution in [1.82, 2.24) is 32.7 Å². The number of halogens is 6. The summed E-state index contributed by atoms with van der Waals surface area (Å²) < 4.78 is 0. The molecule has 0 radical (unpaired) electrons. The first-order chi connectivity index (χ1) is 12.3. The molecular weight excluding hydrogens is 784 g/mol. The molecule has 0 aliphatic carbocycles. The summed E-state index contributed by atoms with van der Waals surface area (Å²) in [4.78, 5) is 0. The molecule has 165 valence electrons. The Balaban J connectivity index is -0.000000323. The molecule has 29 heavy (non-hydrogen) atoms. The van der Waals surface area contributed by atoms with Gasteiger partial charge in [-0.3, -0.25) is 10.2 Å². The van der Waals surface area contributed by atoms with E-state index in [0.29, 0.717) is 0 Å². The summed E-state index contributed by atoms with van der Waals surface area (Å²) in [6.45, 7) is 0. The van der Waals surface area contributed by atoms with Gasteiger partial charge < -0.3 is 12.3 Å². The van der Waals surface area contributed by atoms with Crippen LogP contribution in [0.3, 0.4) is 0 Å². The number of hydrogen-bond donors (Lipinski definition) is 4. The van der Waals surface area contributed by atoms with Crippen LogP contribution in [0.4, 0.5) is 0 Å². The summed E-state index contributed by atoms with van der Waals surface area (Å²) >= 11 is -0.472. The van der Waals surface area contributed by atoms with Crippen molar-refractivity contribution in [3.63, 3.8) is 0 Å². The van der Waals surface area contributed by atoms with Crippen molar-refractivity contribution in [2.24, 2.45) is 0 Å². The Morgan fingerprint density at radius 1 is 0.690 bits per heavy atom. The molecule has 2 aromatic carbocycles. The summed E-state index contributed by atoms with van der Waals surface area (Å²) in [6, 6.07) is 16.0. The van der Waals surface area contributed by atoms with E-state index in [2.05, 4.69) is 20.4 Å². The van der Waals surface area contributed by atoms with Crippen molar-refractivity contribution >= 4 is 79.4 Å². The van der Waals surface area contributed by atoms with Gasteiger partial charge in [-0.1, -0.05) is 36.4 Å². The molecule has 2 aromatic heterocycles. The van der Waals surface area contributed by atoms with Crippen LogP contribution in [0.15, 0.2) is 60.9 Å². The quantitative estimate of drug-likeness (QED) is 0.194. The van der Waals surface area contributed by atoms with E-state index >= 15 is 0 Å². The number of aromatic amines is 2. The maximum absolute atomic E-state index is 5.00. The SMILES string of the molecule is N.N.[Cl][Pt][Cl].[Cl][Ru-]([Cl])([Cl])[Cl].[Na+].c1ccc2[nH]ncc2c1.c1ccc2[nH]ncc2c1. The van der Waals surface area contributed by atoms with Crippen LogP contribution in [-0.2, 0) is 27.3 Å². The van der Waals surface area contributed by atoms with E-state index in [1.807, 2.05) is 60.9 Å². The van der Waals surface area contributed by atoms with Gasteiger partial charge in [-0.15, -0.1) is 0 Å². The minimum Gasteiger partial charge on any atom is -0.278 e. The first kappa shape index (κ1) is 35.0. The van der Waals surface area contributed by atoms with Crippen molar-refractivity contribution in [3.05, 3.63) is 60.9 Å². The molecule has 15 heteroatoms. The largest absolute Gasteiger partial charge is 1.00 e. The smallest absolute Gasteiger partial charge is 0.278 e. The number of aromatic nitrogens is 4. The number of hydrogen-bond acceptors (Lipinski definition) is 4. The molecule has 0 spiro atoms. The summed E-state index contributed by atoms with van der Waals surface area (Å²) in [5.41, 5.74) is 2.19. The summed E-state index contributed by atoms with van der Waals surface area (Å²) in [6.07, 6.45) is 3.63. The fourth-order valence-corrected chi connectivity index (χ4v) is 1.77. The van der Waals surface area contributed by atoms with Gasteiger partial charge in [0.1, 0.15) is 0 Å². The minimum atomic E-state index is -2.97. The summed E-state index contributed by atoms with van der Waals surface area (Å²) in [5.74, 6) is 0. The van der Waals surface area contributed by atoms with E-state index in [4.69, 9.17) is 57.6 Å². The topological polar surface area (TPSA) is 127 Å². The Kier molecular flexibility index (Phi) is 24.1. The number of nitrogens with zero attached hydrogens (tertiary/aromatic N) is 2. The molecule has 0 atom stereocenters. The van der Waals surface area contributed by atoms with Crippen LogP contribution in [0.2, 0.25) is 0 Å². The zero-order valence-corrected chi connectivity index (χ0v) is 25.6. The Hall–Kier alpha value is 1.35. The summed E-state index contributed by atoms with van der Waals surface area (Å²) in [5, 5.41) is 15.8. The van der Waals surface area contributed by atoms with Gasteiger partial charge in [0.05, 0.1) is 23.4 Å². The van der Waals surface area contributed by atoms with Gasteiger partial charge in [0.2, 0.25) is 0 Å². The van der Waals surface area contributed by atoms with Gasteiger partial charge in [0.15, 0.2) is 0 Å². The molecule has 4 aromatic rings. The van der Waals surface area contributed by atoms with E-state index in [-0.39, 0.29) is 41.9 Å². The number of benzene rings is 2. The van der Waals surface area contributed by atoms with Crippen LogP contribution in [0.25, 0.3) is 21.8 Å². The third kappa shape index (κ3) is 17.6. The molecule has 0 bridgehead atoms. The molecule has 0 saturated carbocycles. The maximum Gasteiger partial charge on any atom is 1.00 e. The first-order valence-electron chi connectivity index (χ1n) is 6.47. The molecule has 0 saturated heterocycles. The molecule has 0 aliphatic heterocycles. The fraction of sp³-hybridized carbons (Fsp3) is 0. The number of para-hydroxylation sites is 2. The van der Waals surface area contributed by atoms with E-state index in [9.17, 15) is 0 Å². The van der Waals surface area contributed by atoms with Gasteiger partial charge in [0, 0.05) is 10.8 Å². The van der Waals surface area contributed by atoms with Crippen molar-refractivity contribution in [2.45, 2.75) is 0 Å². The van der Waals surface area contributed by atoms with Gasteiger partial charge >= 0.3 is 114 Å². The predicted molar refractivity (Wildman–Crippen MR) is 117 cm³/mol. The minimum absolute atomic E-state index is 0. The Morgan fingerprint density at radius 2 is 0.966 bits per heavy atom. The van der Waals surface area contributed by atoms with Crippen LogP contribution in [0.1, 0.15) is 0 Å². The van der Waals surface area contributed by atoms with Gasteiger partial charge in [-0.25, -0.2) is 0 Å². The maximum atomic E-state index is 5.00. The predicted octanol–water partition coefficient (Wildman–Crippen LogP) is 4.59. The fourth-order valence-electron chi connectivity index (χ4n) is 1.77. The number of nitrogens with one attached hydrogen (secondary N) is 2. The third-order valence-electron chi connectivity index (χ3n) is 2.70. The molecule has 6 nitrogen and oxygen atoms in total. The molecule has 0 fully saturated rings. The first-order valence-corrected chi connectivity index (χ1v) is 21.1. The number of rotatable bonds is 0. The van der Waals surface area contributed by atoms with E-state index in [1.54, 1.807) is 0 Å². The van der Waals surface area contributed by atoms with Crippen LogP contribution in [0, 0.1) is 0 Å². The van der Waals surface area contributed by atoms with E-state index in [1.165, 1.54) is 0 Å². The molecule has 0 amide bonds. The molecule has 8 N–H and O–H groups in total. The van der Waals surface area contributed by atoms with Crippen molar-refractivity contribution in [1.29, 1.82) is 0 Å². The third-order valence-corrected chi connectivity index (χ3v) is 2.70. The van der Waals surface area contributed by atoms with E-state index in [0.717, 1.165) is 21.8 Å². The van der Waals surface area contributed by atoms with Crippen LogP contribution in [0.5, 0.6) is 0 Å². The van der Waals surface area contributed by atoms with E-state index < -0.39 is 27.3 Å². The Labute approximate surface area is 226 Å². The molecule has 2 heterocycles. The van der Waals surface area contributed by atoms with Gasteiger partial charge in [-0.2, -0.15) is 10.2 Å². The van der Waals surface area contributed by atoms with Crippen LogP contribution >= 0.6 is 57.6 Å². The molecule has 0 aliphatic rings. The summed E-state index contributed by atoms with van der Waals surface area (Å²) in [7, 11) is 26.8. The zero-order chi connectivity index (χ0) is 19.4. The monoisotopic (exact) mass is 800 g/mol.